The summed E-state index contributed by atoms with van der Waals surface area (Å²) in [4.78, 5) is 30.8. The number of rotatable bonds is 14. The van der Waals surface area contributed by atoms with Gasteiger partial charge in [0.15, 0.2) is 0 Å². The topological polar surface area (TPSA) is 111 Å². The van der Waals surface area contributed by atoms with Gasteiger partial charge in [0.25, 0.3) is 0 Å². The van der Waals surface area contributed by atoms with E-state index in [9.17, 15) is 9.59 Å². The second-order valence-electron chi connectivity index (χ2n) is 9.29. The number of hydrogen-bond donors (Lipinski definition) is 2. The van der Waals surface area contributed by atoms with Crippen molar-refractivity contribution in [3.05, 3.63) is 96.4 Å². The molecule has 0 spiro atoms. The number of pyridine rings is 1. The number of nitrogens with zero attached hydrogens (tertiary/aromatic N) is 4. The van der Waals surface area contributed by atoms with Gasteiger partial charge in [-0.15, -0.1) is 0 Å². The third kappa shape index (κ3) is 9.16. The van der Waals surface area contributed by atoms with Crippen molar-refractivity contribution in [3.8, 4) is 11.6 Å². The zero-order chi connectivity index (χ0) is 28.2. The monoisotopic (exact) mass is 542 g/mol. The van der Waals surface area contributed by atoms with Gasteiger partial charge >= 0.3 is 0 Å². The van der Waals surface area contributed by atoms with Crippen LogP contribution in [0.1, 0.15) is 17.5 Å². The van der Waals surface area contributed by atoms with Gasteiger partial charge in [0.1, 0.15) is 25.5 Å². The van der Waals surface area contributed by atoms with Crippen LogP contribution in [0.2, 0.25) is 0 Å². The average molecular weight is 543 g/mol. The molecule has 208 valence electrons. The number of anilines is 2. The number of amides is 2. The summed E-state index contributed by atoms with van der Waals surface area (Å²) in [6, 6.07) is 21.3. The molecule has 2 amide bonds. The predicted molar refractivity (Wildman–Crippen MR) is 153 cm³/mol. The van der Waals surface area contributed by atoms with E-state index >= 15 is 0 Å². The van der Waals surface area contributed by atoms with Crippen LogP contribution in [0, 0.1) is 6.92 Å². The van der Waals surface area contributed by atoms with Gasteiger partial charge in [0.05, 0.1) is 30.3 Å². The van der Waals surface area contributed by atoms with E-state index in [1.807, 2.05) is 67.6 Å². The smallest absolute Gasteiger partial charge is 0.244 e. The van der Waals surface area contributed by atoms with E-state index < -0.39 is 0 Å². The van der Waals surface area contributed by atoms with Crippen molar-refractivity contribution >= 4 is 23.2 Å². The first kappa shape index (κ1) is 28.2. The molecule has 0 aliphatic carbocycles. The largest absolute Gasteiger partial charge is 0.492 e. The third-order valence-corrected chi connectivity index (χ3v) is 6.00. The molecular weight excluding hydrogens is 508 g/mol. The molecule has 10 heteroatoms. The van der Waals surface area contributed by atoms with Gasteiger partial charge in [-0.25, -0.2) is 4.98 Å². The standard InChI is InChI=1S/C30H34N6O4/c1-23-8-11-27(12-9-23)39-17-16-35(2)30(38)21-36-20-26(19-33-36)34-28(37)14-15-31-25-10-13-29(32-18-25)40-22-24-6-4-3-5-7-24/h3-13,18-20,31H,14-17,21-22H2,1-2H3,(H,34,37). The second kappa shape index (κ2) is 14.3. The molecule has 0 bridgehead atoms. The van der Waals surface area contributed by atoms with Crippen LogP contribution in [0.3, 0.4) is 0 Å². The summed E-state index contributed by atoms with van der Waals surface area (Å²) in [5, 5.41) is 10.2. The van der Waals surface area contributed by atoms with Crippen molar-refractivity contribution in [1.82, 2.24) is 19.7 Å². The average Bonchev–Trinajstić information content (AvgIpc) is 3.40. The summed E-state index contributed by atoms with van der Waals surface area (Å²) in [5.74, 6) is 1.03. The van der Waals surface area contributed by atoms with Crippen LogP contribution in [-0.2, 0) is 22.7 Å². The molecule has 4 aromatic rings. The zero-order valence-corrected chi connectivity index (χ0v) is 22.7. The van der Waals surface area contributed by atoms with Crippen molar-refractivity contribution in [3.63, 3.8) is 0 Å². The highest BCUT2D eigenvalue weighted by molar-refractivity contribution is 5.90. The first-order chi connectivity index (χ1) is 19.4. The number of hydrogen-bond acceptors (Lipinski definition) is 7. The van der Waals surface area contributed by atoms with E-state index in [0.717, 1.165) is 22.6 Å². The fraction of sp³-hybridized carbons (Fsp3) is 0.267. The van der Waals surface area contributed by atoms with E-state index in [2.05, 4.69) is 20.7 Å². The second-order valence-corrected chi connectivity index (χ2v) is 9.29. The quantitative estimate of drug-likeness (QED) is 0.246. The molecule has 2 aromatic carbocycles. The molecule has 40 heavy (non-hydrogen) atoms. The van der Waals surface area contributed by atoms with Gasteiger partial charge in [0, 0.05) is 32.3 Å². The third-order valence-electron chi connectivity index (χ3n) is 6.00. The van der Waals surface area contributed by atoms with Crippen LogP contribution in [0.5, 0.6) is 11.6 Å². The number of nitrogens with one attached hydrogen (secondary N) is 2. The van der Waals surface area contributed by atoms with Crippen LogP contribution in [0.25, 0.3) is 0 Å². The highest BCUT2D eigenvalue weighted by atomic mass is 16.5. The maximum Gasteiger partial charge on any atom is 0.244 e. The van der Waals surface area contributed by atoms with Crippen molar-refractivity contribution in [2.75, 3.05) is 37.4 Å². The van der Waals surface area contributed by atoms with E-state index in [0.29, 0.717) is 37.9 Å². The van der Waals surface area contributed by atoms with Gasteiger partial charge in [0.2, 0.25) is 17.7 Å². The van der Waals surface area contributed by atoms with Gasteiger partial charge in [-0.3, -0.25) is 14.3 Å². The number of carbonyl (C=O) groups is 2. The Kier molecular flexibility index (Phi) is 10.1. The van der Waals surface area contributed by atoms with Crippen molar-refractivity contribution in [2.24, 2.45) is 0 Å². The SMILES string of the molecule is Cc1ccc(OCCN(C)C(=O)Cn2cc(NC(=O)CCNc3ccc(OCc4ccccc4)nc3)cn2)cc1. The minimum Gasteiger partial charge on any atom is -0.492 e. The Hall–Kier alpha value is -4.86. The predicted octanol–water partition coefficient (Wildman–Crippen LogP) is 4.14. The lowest BCUT2D eigenvalue weighted by Crippen LogP contribution is -2.33. The molecule has 0 atom stereocenters. The molecule has 0 aliphatic rings. The highest BCUT2D eigenvalue weighted by Crippen LogP contribution is 2.14. The number of benzene rings is 2. The molecule has 0 fully saturated rings. The minimum atomic E-state index is -0.167. The molecule has 4 rings (SSSR count). The summed E-state index contributed by atoms with van der Waals surface area (Å²) in [6.07, 6.45) is 5.08. The molecule has 0 aliphatic heterocycles. The molecule has 0 saturated heterocycles. The Bertz CT molecular complexity index is 1360. The van der Waals surface area contributed by atoms with Crippen molar-refractivity contribution < 1.29 is 19.1 Å². The molecule has 0 saturated carbocycles. The Morgan fingerprint density at radius 1 is 0.950 bits per heavy atom. The fourth-order valence-corrected chi connectivity index (χ4v) is 3.68. The number of aryl methyl sites for hydroxylation is 1. The number of ether oxygens (including phenoxy) is 2. The normalized spacial score (nSPS) is 10.6. The Morgan fingerprint density at radius 2 is 1.75 bits per heavy atom. The van der Waals surface area contributed by atoms with Crippen LogP contribution < -0.4 is 20.1 Å². The summed E-state index contributed by atoms with van der Waals surface area (Å²) < 4.78 is 12.9. The lowest BCUT2D eigenvalue weighted by atomic mass is 10.2. The van der Waals surface area contributed by atoms with E-state index in [1.165, 1.54) is 10.9 Å². The lowest BCUT2D eigenvalue weighted by molar-refractivity contribution is -0.131. The molecule has 2 N–H and O–H groups in total. The van der Waals surface area contributed by atoms with Crippen LogP contribution in [0.4, 0.5) is 11.4 Å². The van der Waals surface area contributed by atoms with Gasteiger partial charge in [-0.05, 0) is 30.7 Å². The van der Waals surface area contributed by atoms with Crippen molar-refractivity contribution in [2.45, 2.75) is 26.5 Å². The number of likely N-dealkylation sites (N-methyl/N-ethyl adjacent to an activating group) is 1. The summed E-state index contributed by atoms with van der Waals surface area (Å²) in [7, 11) is 1.72. The number of aromatic nitrogens is 3. The Labute approximate surface area is 233 Å². The zero-order valence-electron chi connectivity index (χ0n) is 22.7. The van der Waals surface area contributed by atoms with E-state index in [1.54, 1.807) is 30.4 Å². The Morgan fingerprint density at radius 3 is 2.50 bits per heavy atom. The first-order valence-corrected chi connectivity index (χ1v) is 13.1. The van der Waals surface area contributed by atoms with Crippen molar-refractivity contribution in [1.29, 1.82) is 0 Å². The van der Waals surface area contributed by atoms with E-state index in [-0.39, 0.29) is 24.8 Å². The maximum absolute atomic E-state index is 12.5. The molecular formula is C30H34N6O4. The first-order valence-electron chi connectivity index (χ1n) is 13.1. The van der Waals surface area contributed by atoms with Gasteiger partial charge < -0.3 is 25.0 Å². The fourth-order valence-electron chi connectivity index (χ4n) is 3.68. The molecule has 2 aromatic heterocycles. The molecule has 2 heterocycles. The van der Waals surface area contributed by atoms with Gasteiger partial charge in [-0.1, -0.05) is 48.0 Å². The van der Waals surface area contributed by atoms with Crippen LogP contribution >= 0.6 is 0 Å². The highest BCUT2D eigenvalue weighted by Gasteiger charge is 2.12. The molecule has 10 nitrogen and oxygen atoms in total. The molecule has 0 radical (unpaired) electrons. The molecule has 0 unspecified atom stereocenters. The lowest BCUT2D eigenvalue weighted by Gasteiger charge is -2.17. The van der Waals surface area contributed by atoms with Crippen LogP contribution in [0.15, 0.2) is 85.3 Å². The summed E-state index contributed by atoms with van der Waals surface area (Å²) >= 11 is 0. The van der Waals surface area contributed by atoms with Gasteiger partial charge in [-0.2, -0.15) is 5.10 Å². The van der Waals surface area contributed by atoms with E-state index in [4.69, 9.17) is 9.47 Å². The number of carbonyl (C=O) groups excluding carboxylic acids is 2. The van der Waals surface area contributed by atoms with Crippen LogP contribution in [-0.4, -0.2) is 58.2 Å². The Balaban J connectivity index is 1.12. The maximum atomic E-state index is 12.5. The minimum absolute atomic E-state index is 0.0660. The summed E-state index contributed by atoms with van der Waals surface area (Å²) in [6.45, 7) is 3.80. The summed E-state index contributed by atoms with van der Waals surface area (Å²) in [5.41, 5.74) is 3.56.